The van der Waals surface area contributed by atoms with Crippen LogP contribution < -0.4 is 21.5 Å². The Hall–Kier alpha value is -5.68. The van der Waals surface area contributed by atoms with E-state index in [1.54, 1.807) is 18.2 Å². The first-order valence-electron chi connectivity index (χ1n) is 17.6. The van der Waals surface area contributed by atoms with Gasteiger partial charge in [-0.05, 0) is 61.2 Å². The van der Waals surface area contributed by atoms with Crippen molar-refractivity contribution in [2.24, 2.45) is 7.05 Å². The number of carbonyl (C=O) groups is 2. The number of fused-ring (bicyclic) bond motifs is 2. The van der Waals surface area contributed by atoms with Crippen LogP contribution in [0.3, 0.4) is 0 Å². The van der Waals surface area contributed by atoms with Gasteiger partial charge in [-0.25, -0.2) is 18.5 Å². The number of carbonyl (C=O) groups excluding carboxylic acids is 2. The van der Waals surface area contributed by atoms with Gasteiger partial charge in [-0.1, -0.05) is 12.1 Å². The van der Waals surface area contributed by atoms with Crippen molar-refractivity contribution in [3.8, 4) is 5.69 Å². The molecule has 2 aromatic carbocycles. The van der Waals surface area contributed by atoms with Gasteiger partial charge in [0.1, 0.15) is 24.5 Å². The van der Waals surface area contributed by atoms with Gasteiger partial charge in [-0.3, -0.25) is 24.1 Å². The summed E-state index contributed by atoms with van der Waals surface area (Å²) in [5.74, 6) is -2.91. The number of hydrogen-bond donors (Lipinski definition) is 1. The van der Waals surface area contributed by atoms with Gasteiger partial charge in [0.05, 0.1) is 53.2 Å². The van der Waals surface area contributed by atoms with E-state index in [-0.39, 0.29) is 60.1 Å². The third-order valence-corrected chi connectivity index (χ3v) is 9.94. The van der Waals surface area contributed by atoms with Crippen LogP contribution in [0.1, 0.15) is 34.3 Å². The van der Waals surface area contributed by atoms with E-state index in [2.05, 4.69) is 15.3 Å². The van der Waals surface area contributed by atoms with Crippen LogP contribution in [0.5, 0.6) is 0 Å². The number of alkyl halides is 3. The van der Waals surface area contributed by atoms with Crippen molar-refractivity contribution < 1.29 is 41.4 Å². The Morgan fingerprint density at radius 2 is 1.91 bits per heavy atom. The summed E-state index contributed by atoms with van der Waals surface area (Å²) in [5, 5.41) is 3.29. The molecule has 3 atom stereocenters. The lowest BCUT2D eigenvalue weighted by Gasteiger charge is -2.38. The number of hydrogen-bond acceptors (Lipinski definition) is 10. The summed E-state index contributed by atoms with van der Waals surface area (Å²) in [7, 11) is 1.52. The average molecular weight is 765 g/mol. The van der Waals surface area contributed by atoms with E-state index >= 15 is 4.39 Å². The first-order valence-corrected chi connectivity index (χ1v) is 17.6. The average Bonchev–Trinajstić information content (AvgIpc) is 3.70. The maximum absolute atomic E-state index is 15.8. The minimum atomic E-state index is -4.64. The van der Waals surface area contributed by atoms with Crippen LogP contribution in [-0.4, -0.2) is 88.3 Å². The Bertz CT molecular complexity index is 2390. The fourth-order valence-corrected chi connectivity index (χ4v) is 7.14. The Morgan fingerprint density at radius 1 is 1.09 bits per heavy atom. The largest absolute Gasteiger partial charge is 0.461 e. The van der Waals surface area contributed by atoms with Crippen LogP contribution in [0.4, 0.5) is 23.2 Å². The molecule has 0 bridgehead atoms. The normalized spacial score (nSPS) is 18.1. The molecule has 5 heterocycles. The molecule has 2 aliphatic heterocycles. The van der Waals surface area contributed by atoms with E-state index in [1.807, 2.05) is 0 Å². The molecule has 3 aromatic heterocycles. The Balaban J connectivity index is 1.23. The minimum absolute atomic E-state index is 0.00369. The second-order valence-electron chi connectivity index (χ2n) is 13.5. The van der Waals surface area contributed by atoms with Gasteiger partial charge < -0.3 is 24.4 Å². The number of ether oxygens (including phenoxy) is 3. The molecule has 0 spiro atoms. The van der Waals surface area contributed by atoms with E-state index in [0.717, 1.165) is 22.0 Å². The van der Waals surface area contributed by atoms with Crippen LogP contribution in [0, 0.1) is 12.7 Å². The zero-order valence-corrected chi connectivity index (χ0v) is 29.8. The number of halogens is 4. The molecular weight excluding hydrogens is 728 g/mol. The maximum Gasteiger partial charge on any atom is 0.411 e. The van der Waals surface area contributed by atoms with Gasteiger partial charge >= 0.3 is 17.8 Å². The molecule has 5 aromatic rings. The van der Waals surface area contributed by atoms with E-state index in [1.165, 1.54) is 55.3 Å². The van der Waals surface area contributed by atoms with Crippen molar-refractivity contribution in [2.45, 2.75) is 50.6 Å². The summed E-state index contributed by atoms with van der Waals surface area (Å²) >= 11 is 0. The van der Waals surface area contributed by atoms with Gasteiger partial charge in [-0.2, -0.15) is 13.2 Å². The van der Waals surface area contributed by atoms with Crippen molar-refractivity contribution in [3.63, 3.8) is 0 Å². The molecule has 55 heavy (non-hydrogen) atoms. The number of rotatable bonds is 9. The highest BCUT2D eigenvalue weighted by Crippen LogP contribution is 2.33. The second-order valence-corrected chi connectivity index (χ2v) is 13.5. The predicted octanol–water partition coefficient (Wildman–Crippen LogP) is 3.91. The molecule has 2 saturated heterocycles. The number of nitrogens with zero attached hydrogens (tertiary/aromatic N) is 5. The highest BCUT2D eigenvalue weighted by atomic mass is 19.4. The van der Waals surface area contributed by atoms with Crippen LogP contribution in [0.15, 0.2) is 70.6 Å². The van der Waals surface area contributed by atoms with Crippen molar-refractivity contribution in [1.29, 1.82) is 0 Å². The van der Waals surface area contributed by atoms with Crippen LogP contribution in [0.2, 0.25) is 0 Å². The minimum Gasteiger partial charge on any atom is -0.461 e. The molecule has 2 fully saturated rings. The zero-order chi connectivity index (χ0) is 39.0. The third kappa shape index (κ3) is 7.41. The lowest BCUT2D eigenvalue weighted by atomic mass is 9.99. The monoisotopic (exact) mass is 764 g/mol. The molecule has 17 heteroatoms. The number of morpholine rings is 1. The number of nitrogens with one attached hydrogen (secondary N) is 1. The first-order chi connectivity index (χ1) is 26.3. The Morgan fingerprint density at radius 3 is 2.65 bits per heavy atom. The van der Waals surface area contributed by atoms with Gasteiger partial charge in [0.2, 0.25) is 0 Å². The summed E-state index contributed by atoms with van der Waals surface area (Å²) in [6, 6.07) is 6.69. The third-order valence-electron chi connectivity index (χ3n) is 9.94. The molecule has 288 valence electrons. The number of aromatic nitrogens is 4. The highest BCUT2D eigenvalue weighted by molar-refractivity contribution is 5.99. The summed E-state index contributed by atoms with van der Waals surface area (Å²) in [6.45, 7) is 1.05. The number of amides is 1. The standard InChI is InChI=1S/C38H36F4N6O7/c1-21-15-23(47-12-14-53-20-31(47)38(40,41)42)17-27(39)32(21)34(49)45-28(36(51)55-19-24-5-4-13-54-24)16-22-7-8-29(33-25(22)6-3-10-44-33)48-35(50)26-9-11-43-18-30(26)46(2)37(48)52/h3,6-11,15,17-18,24,28,31H,4-5,12-14,16,19-20H2,1-2H3,(H,45,49)/t24-,28?,31-/m1/s1. The molecule has 0 saturated carbocycles. The lowest BCUT2D eigenvalue weighted by Crippen LogP contribution is -2.53. The smallest absolute Gasteiger partial charge is 0.411 e. The quantitative estimate of drug-likeness (QED) is 0.173. The van der Waals surface area contributed by atoms with Gasteiger partial charge in [0, 0.05) is 50.1 Å². The van der Waals surface area contributed by atoms with E-state index in [4.69, 9.17) is 14.2 Å². The Kier molecular flexibility index (Phi) is 10.4. The number of aryl methyl sites for hydroxylation is 2. The predicted molar refractivity (Wildman–Crippen MR) is 192 cm³/mol. The van der Waals surface area contributed by atoms with E-state index in [0.29, 0.717) is 29.5 Å². The van der Waals surface area contributed by atoms with E-state index < -0.39 is 59.4 Å². The van der Waals surface area contributed by atoms with Gasteiger partial charge in [0.25, 0.3) is 11.5 Å². The zero-order valence-electron chi connectivity index (χ0n) is 29.8. The fourth-order valence-electron chi connectivity index (χ4n) is 7.14. The molecular formula is C38H36F4N6O7. The molecule has 1 unspecified atom stereocenters. The maximum atomic E-state index is 15.8. The Labute approximate surface area is 310 Å². The molecule has 1 amide bonds. The van der Waals surface area contributed by atoms with Crippen LogP contribution in [-0.2, 0) is 32.5 Å². The summed E-state index contributed by atoms with van der Waals surface area (Å²) in [6.07, 6.45) is 0.633. The molecule has 13 nitrogen and oxygen atoms in total. The number of anilines is 1. The van der Waals surface area contributed by atoms with Crippen LogP contribution >= 0.6 is 0 Å². The molecule has 1 N–H and O–H groups in total. The van der Waals surface area contributed by atoms with Crippen molar-refractivity contribution in [2.75, 3.05) is 37.9 Å². The topological polar surface area (TPSA) is 147 Å². The fraction of sp³-hybridized carbons (Fsp3) is 0.368. The summed E-state index contributed by atoms with van der Waals surface area (Å²) in [5.41, 5.74) is -0.465. The highest BCUT2D eigenvalue weighted by Gasteiger charge is 2.45. The summed E-state index contributed by atoms with van der Waals surface area (Å²) in [4.78, 5) is 64.1. The number of esters is 1. The molecule has 2 aliphatic rings. The second kappa shape index (κ2) is 15.2. The van der Waals surface area contributed by atoms with E-state index in [9.17, 15) is 32.3 Å². The van der Waals surface area contributed by atoms with Crippen molar-refractivity contribution >= 4 is 39.4 Å². The lowest BCUT2D eigenvalue weighted by molar-refractivity contribution is -0.167. The summed E-state index contributed by atoms with van der Waals surface area (Å²) < 4.78 is 75.6. The van der Waals surface area contributed by atoms with Gasteiger partial charge in [0.15, 0.2) is 0 Å². The van der Waals surface area contributed by atoms with Gasteiger partial charge in [-0.15, -0.1) is 0 Å². The number of pyridine rings is 2. The first kappa shape index (κ1) is 37.6. The van der Waals surface area contributed by atoms with Crippen LogP contribution in [0.25, 0.3) is 27.5 Å². The molecule has 0 aliphatic carbocycles. The molecule has 0 radical (unpaired) electrons. The van der Waals surface area contributed by atoms with Crippen molar-refractivity contribution in [1.82, 2.24) is 24.4 Å². The van der Waals surface area contributed by atoms with Crippen molar-refractivity contribution in [3.05, 3.63) is 104 Å². The molecule has 7 rings (SSSR count). The number of benzene rings is 2. The SMILES string of the molecule is Cc1cc(N2CCOC[C@@H]2C(F)(F)F)cc(F)c1C(=O)NC(Cc1ccc(-n2c(=O)c3ccncc3n(C)c2=O)c2ncccc12)C(=O)OC[C@H]1CCCO1.